The summed E-state index contributed by atoms with van der Waals surface area (Å²) in [6.45, 7) is 3.52. The summed E-state index contributed by atoms with van der Waals surface area (Å²) < 4.78 is 0.905. The van der Waals surface area contributed by atoms with E-state index in [9.17, 15) is 4.79 Å². The minimum absolute atomic E-state index is 0. The first-order valence-corrected chi connectivity index (χ1v) is 8.71. The number of hydrogen-bond donors (Lipinski definition) is 2. The van der Waals surface area contributed by atoms with E-state index in [1.807, 2.05) is 19.1 Å². The summed E-state index contributed by atoms with van der Waals surface area (Å²) in [5, 5.41) is 2.98. The highest BCUT2D eigenvalue weighted by molar-refractivity contribution is 9.10. The number of nitrogen functional groups attached to an aromatic ring is 1. The highest BCUT2D eigenvalue weighted by Crippen LogP contribution is 2.29. The van der Waals surface area contributed by atoms with Gasteiger partial charge in [0.15, 0.2) is 0 Å². The monoisotopic (exact) mass is 461 g/mol. The number of nitrogens with two attached hydrogens (primary N) is 1. The van der Waals surface area contributed by atoms with Crippen LogP contribution >= 0.6 is 40.7 Å². The van der Waals surface area contributed by atoms with Crippen molar-refractivity contribution in [1.29, 1.82) is 0 Å². The highest BCUT2D eigenvalue weighted by Gasteiger charge is 2.26. The van der Waals surface area contributed by atoms with Crippen LogP contribution in [0.1, 0.15) is 18.4 Å². The van der Waals surface area contributed by atoms with Gasteiger partial charge in [0.25, 0.3) is 0 Å². The number of aromatic nitrogens is 2. The van der Waals surface area contributed by atoms with Gasteiger partial charge in [-0.1, -0.05) is 15.9 Å². The Hall–Kier alpha value is -1.57. The van der Waals surface area contributed by atoms with Crippen molar-refractivity contribution in [2.45, 2.75) is 19.8 Å². The molecule has 142 valence electrons. The zero-order valence-corrected chi connectivity index (χ0v) is 17.5. The van der Waals surface area contributed by atoms with Crippen LogP contribution in [0.5, 0.6) is 0 Å². The molecule has 0 saturated carbocycles. The quantitative estimate of drug-likeness (QED) is 0.677. The molecular weight excluding hydrogens is 441 g/mol. The second-order valence-electron chi connectivity index (χ2n) is 6.00. The van der Waals surface area contributed by atoms with Crippen LogP contribution < -0.4 is 16.0 Å². The van der Waals surface area contributed by atoms with E-state index in [0.29, 0.717) is 11.4 Å². The molecule has 3 N–H and O–H groups in total. The lowest BCUT2D eigenvalue weighted by molar-refractivity contribution is -0.120. The maximum absolute atomic E-state index is 12.6. The van der Waals surface area contributed by atoms with Crippen LogP contribution in [-0.2, 0) is 4.79 Å². The molecule has 3 rings (SSSR count). The van der Waals surface area contributed by atoms with Gasteiger partial charge in [-0.05, 0) is 37.5 Å². The molecule has 0 unspecified atom stereocenters. The van der Waals surface area contributed by atoms with Crippen molar-refractivity contribution < 1.29 is 4.79 Å². The second-order valence-corrected chi connectivity index (χ2v) is 6.91. The molecular formula is C17H22BrCl2N5O. The van der Waals surface area contributed by atoms with Crippen molar-refractivity contribution in [3.05, 3.63) is 40.8 Å². The SMILES string of the molecule is Cc1cc(Br)cc(NC(=O)C2CCN(c3cnccn3)CC2)c1N.Cl.Cl. The van der Waals surface area contributed by atoms with E-state index in [-0.39, 0.29) is 36.6 Å². The minimum Gasteiger partial charge on any atom is -0.397 e. The topological polar surface area (TPSA) is 84.1 Å². The van der Waals surface area contributed by atoms with Gasteiger partial charge in [-0.15, -0.1) is 24.8 Å². The normalized spacial score (nSPS) is 14.2. The Kier molecular flexibility index (Phi) is 8.59. The standard InChI is InChI=1S/C17H20BrN5O.2ClH/c1-11-8-13(18)9-14(16(11)19)22-17(24)12-2-6-23(7-3-12)15-10-20-4-5-21-15;;/h4-5,8-10,12H,2-3,6-7,19H2,1H3,(H,22,24);2*1H. The molecule has 0 bridgehead atoms. The number of hydrogen-bond acceptors (Lipinski definition) is 5. The largest absolute Gasteiger partial charge is 0.397 e. The van der Waals surface area contributed by atoms with Gasteiger partial charge in [0.05, 0.1) is 17.6 Å². The zero-order valence-electron chi connectivity index (χ0n) is 14.3. The summed E-state index contributed by atoms with van der Waals surface area (Å²) >= 11 is 3.44. The molecule has 0 spiro atoms. The van der Waals surface area contributed by atoms with Gasteiger partial charge in [0.1, 0.15) is 5.82 Å². The Balaban J connectivity index is 0.00000169. The summed E-state index contributed by atoms with van der Waals surface area (Å²) in [6, 6.07) is 3.78. The van der Waals surface area contributed by atoms with Crippen LogP contribution in [0.2, 0.25) is 0 Å². The first kappa shape index (κ1) is 22.5. The van der Waals surface area contributed by atoms with E-state index < -0.39 is 0 Å². The lowest BCUT2D eigenvalue weighted by atomic mass is 9.95. The van der Waals surface area contributed by atoms with Crippen LogP contribution in [0.25, 0.3) is 0 Å². The van der Waals surface area contributed by atoms with Crippen LogP contribution in [0.4, 0.5) is 17.2 Å². The van der Waals surface area contributed by atoms with Crippen molar-refractivity contribution in [1.82, 2.24) is 9.97 Å². The van der Waals surface area contributed by atoms with Crippen molar-refractivity contribution in [2.75, 3.05) is 29.0 Å². The Morgan fingerprint density at radius 3 is 2.58 bits per heavy atom. The number of nitrogens with one attached hydrogen (secondary N) is 1. The fourth-order valence-electron chi connectivity index (χ4n) is 2.92. The van der Waals surface area contributed by atoms with Crippen molar-refractivity contribution in [3.63, 3.8) is 0 Å². The molecule has 1 aromatic carbocycles. The molecule has 0 radical (unpaired) electrons. The van der Waals surface area contributed by atoms with E-state index in [1.54, 1.807) is 18.6 Å². The van der Waals surface area contributed by atoms with E-state index in [4.69, 9.17) is 5.73 Å². The summed E-state index contributed by atoms with van der Waals surface area (Å²) in [5.74, 6) is 0.873. The number of benzene rings is 1. The number of halogens is 3. The lowest BCUT2D eigenvalue weighted by Crippen LogP contribution is -2.38. The molecule has 1 aromatic heterocycles. The van der Waals surface area contributed by atoms with Crippen LogP contribution in [-0.4, -0.2) is 29.0 Å². The second kappa shape index (κ2) is 9.94. The predicted octanol–water partition coefficient (Wildman–Crippen LogP) is 3.83. The maximum Gasteiger partial charge on any atom is 0.227 e. The Labute approximate surface area is 173 Å². The van der Waals surface area contributed by atoms with Crippen LogP contribution in [0, 0.1) is 12.8 Å². The third-order valence-electron chi connectivity index (χ3n) is 4.35. The van der Waals surface area contributed by atoms with Crippen molar-refractivity contribution in [2.24, 2.45) is 5.92 Å². The number of nitrogens with zero attached hydrogens (tertiary/aromatic N) is 3. The Bertz CT molecular complexity index is 739. The minimum atomic E-state index is -0.0170. The number of piperidine rings is 1. The van der Waals surface area contributed by atoms with Gasteiger partial charge < -0.3 is 16.0 Å². The molecule has 1 aliphatic rings. The van der Waals surface area contributed by atoms with Gasteiger partial charge in [-0.25, -0.2) is 4.98 Å². The molecule has 1 amide bonds. The van der Waals surface area contributed by atoms with Gasteiger partial charge >= 0.3 is 0 Å². The molecule has 2 heterocycles. The van der Waals surface area contributed by atoms with E-state index >= 15 is 0 Å². The molecule has 0 atom stereocenters. The van der Waals surface area contributed by atoms with Crippen molar-refractivity contribution >= 4 is 63.8 Å². The first-order valence-electron chi connectivity index (χ1n) is 7.92. The molecule has 1 aliphatic heterocycles. The molecule has 9 heteroatoms. The molecule has 0 aliphatic carbocycles. The van der Waals surface area contributed by atoms with E-state index in [1.165, 1.54) is 0 Å². The number of rotatable bonds is 3. The van der Waals surface area contributed by atoms with Gasteiger partial charge in [0.2, 0.25) is 5.91 Å². The summed E-state index contributed by atoms with van der Waals surface area (Å²) in [7, 11) is 0. The van der Waals surface area contributed by atoms with Gasteiger partial charge in [-0.2, -0.15) is 0 Å². The average molecular weight is 463 g/mol. The van der Waals surface area contributed by atoms with Crippen molar-refractivity contribution in [3.8, 4) is 0 Å². The summed E-state index contributed by atoms with van der Waals surface area (Å²) in [6.07, 6.45) is 6.68. The zero-order chi connectivity index (χ0) is 17.1. The first-order chi connectivity index (χ1) is 11.5. The summed E-state index contributed by atoms with van der Waals surface area (Å²) in [5.41, 5.74) is 8.29. The number of anilines is 3. The molecule has 26 heavy (non-hydrogen) atoms. The van der Waals surface area contributed by atoms with Crippen LogP contribution in [0.3, 0.4) is 0 Å². The third-order valence-corrected chi connectivity index (χ3v) is 4.81. The smallest absolute Gasteiger partial charge is 0.227 e. The van der Waals surface area contributed by atoms with Crippen LogP contribution in [0.15, 0.2) is 35.2 Å². The number of aryl methyl sites for hydroxylation is 1. The van der Waals surface area contributed by atoms with E-state index in [2.05, 4.69) is 36.1 Å². The lowest BCUT2D eigenvalue weighted by Gasteiger charge is -2.32. The fraction of sp³-hybridized carbons (Fsp3) is 0.353. The van der Waals surface area contributed by atoms with Gasteiger partial charge in [-0.3, -0.25) is 9.78 Å². The van der Waals surface area contributed by atoms with Gasteiger partial charge in [0, 0.05) is 35.9 Å². The predicted molar refractivity (Wildman–Crippen MR) is 113 cm³/mol. The maximum atomic E-state index is 12.6. The highest BCUT2D eigenvalue weighted by atomic mass is 79.9. The Morgan fingerprint density at radius 2 is 1.96 bits per heavy atom. The number of carbonyl (C=O) groups excluding carboxylic acids is 1. The molecule has 1 fully saturated rings. The molecule has 1 saturated heterocycles. The fourth-order valence-corrected chi connectivity index (χ4v) is 3.49. The molecule has 2 aromatic rings. The third kappa shape index (κ3) is 5.22. The average Bonchev–Trinajstić information content (AvgIpc) is 2.60. The van der Waals surface area contributed by atoms with E-state index in [0.717, 1.165) is 41.8 Å². The molecule has 6 nitrogen and oxygen atoms in total. The Morgan fingerprint density at radius 1 is 1.27 bits per heavy atom. The number of carbonyl (C=O) groups is 1. The summed E-state index contributed by atoms with van der Waals surface area (Å²) in [4.78, 5) is 23.1. The number of amides is 1.